The van der Waals surface area contributed by atoms with Crippen LogP contribution in [-0.4, -0.2) is 12.3 Å². The molecule has 0 fully saturated rings. The Morgan fingerprint density at radius 1 is 0.464 bits per heavy atom. The molecule has 2 nitrogen and oxygen atoms in total. The van der Waals surface area contributed by atoms with Gasteiger partial charge in [0.15, 0.2) is 0 Å². The van der Waals surface area contributed by atoms with Gasteiger partial charge in [0.2, 0.25) is 0 Å². The van der Waals surface area contributed by atoms with Gasteiger partial charge in [0.1, 0.15) is 0 Å². The SMILES string of the molecule is CCCCCCCCCCCCP(=O)([O-])CCCCCCCCCCCC.[Na+]. The van der Waals surface area contributed by atoms with Crippen molar-refractivity contribution in [2.45, 2.75) is 142 Å². The number of unbranched alkanes of at least 4 members (excludes halogenated alkanes) is 18. The fourth-order valence-corrected chi connectivity index (χ4v) is 5.43. The van der Waals surface area contributed by atoms with Gasteiger partial charge in [-0.25, -0.2) is 0 Å². The van der Waals surface area contributed by atoms with Crippen LogP contribution in [0.1, 0.15) is 142 Å². The smallest absolute Gasteiger partial charge is 0.799 e. The van der Waals surface area contributed by atoms with Gasteiger partial charge in [-0.3, -0.25) is 0 Å². The Labute approximate surface area is 200 Å². The number of hydrogen-bond donors (Lipinski definition) is 0. The van der Waals surface area contributed by atoms with Gasteiger partial charge in [-0.05, 0) is 25.2 Å². The van der Waals surface area contributed by atoms with Crippen molar-refractivity contribution >= 4 is 7.37 Å². The van der Waals surface area contributed by atoms with Crippen molar-refractivity contribution in [3.8, 4) is 0 Å². The molecule has 0 amide bonds. The zero-order valence-electron chi connectivity index (χ0n) is 19.8. The van der Waals surface area contributed by atoms with E-state index in [0.29, 0.717) is 12.3 Å². The van der Waals surface area contributed by atoms with Crippen molar-refractivity contribution in [2.75, 3.05) is 12.3 Å². The molecular formula is C24H50NaO2P. The number of hydrogen-bond acceptors (Lipinski definition) is 2. The molecule has 28 heavy (non-hydrogen) atoms. The van der Waals surface area contributed by atoms with Crippen molar-refractivity contribution in [1.82, 2.24) is 0 Å². The van der Waals surface area contributed by atoms with Crippen molar-refractivity contribution in [1.29, 1.82) is 0 Å². The molecule has 0 atom stereocenters. The molecule has 0 N–H and O–H groups in total. The van der Waals surface area contributed by atoms with Crippen LogP contribution in [0.2, 0.25) is 0 Å². The molecule has 0 saturated heterocycles. The summed E-state index contributed by atoms with van der Waals surface area (Å²) in [7, 11) is -3.09. The molecule has 0 bridgehead atoms. The Bertz CT molecular complexity index is 309. The second kappa shape index (κ2) is 24.5. The zero-order valence-corrected chi connectivity index (χ0v) is 22.7. The molecule has 0 unspecified atom stereocenters. The van der Waals surface area contributed by atoms with Gasteiger partial charge in [-0.2, -0.15) is 0 Å². The third-order valence-corrected chi connectivity index (χ3v) is 7.70. The first-order valence-corrected chi connectivity index (χ1v) is 14.4. The molecule has 0 aromatic heterocycles. The maximum atomic E-state index is 12.1. The summed E-state index contributed by atoms with van der Waals surface area (Å²) in [6, 6.07) is 0. The molecule has 0 saturated carbocycles. The van der Waals surface area contributed by atoms with Gasteiger partial charge in [0, 0.05) is 7.37 Å². The third-order valence-electron chi connectivity index (χ3n) is 5.70. The summed E-state index contributed by atoms with van der Waals surface area (Å²) in [5, 5.41) is 0. The van der Waals surface area contributed by atoms with Gasteiger partial charge in [0.25, 0.3) is 0 Å². The zero-order chi connectivity index (χ0) is 20.1. The molecule has 4 heteroatoms. The fraction of sp³-hybridized carbons (Fsp3) is 1.00. The molecular weight excluding hydrogens is 374 g/mol. The largest absolute Gasteiger partial charge is 1.00 e. The predicted octanol–water partition coefficient (Wildman–Crippen LogP) is 5.47. The van der Waals surface area contributed by atoms with E-state index in [0.717, 1.165) is 25.7 Å². The van der Waals surface area contributed by atoms with Gasteiger partial charge >= 0.3 is 29.6 Å². The van der Waals surface area contributed by atoms with Crippen LogP contribution < -0.4 is 34.5 Å². The van der Waals surface area contributed by atoms with Crippen LogP contribution in [0.15, 0.2) is 0 Å². The predicted molar refractivity (Wildman–Crippen MR) is 121 cm³/mol. The van der Waals surface area contributed by atoms with Gasteiger partial charge < -0.3 is 9.46 Å². The van der Waals surface area contributed by atoms with Gasteiger partial charge in [0.05, 0.1) is 0 Å². The van der Waals surface area contributed by atoms with Crippen molar-refractivity contribution in [2.24, 2.45) is 0 Å². The summed E-state index contributed by atoms with van der Waals surface area (Å²) in [5.41, 5.74) is 0. The van der Waals surface area contributed by atoms with E-state index < -0.39 is 7.37 Å². The van der Waals surface area contributed by atoms with Gasteiger partial charge in [-0.15, -0.1) is 0 Å². The van der Waals surface area contributed by atoms with Gasteiger partial charge in [-0.1, -0.05) is 129 Å². The Morgan fingerprint density at radius 2 is 0.679 bits per heavy atom. The van der Waals surface area contributed by atoms with Crippen LogP contribution in [0, 0.1) is 0 Å². The minimum absolute atomic E-state index is 0. The number of rotatable bonds is 22. The minimum Gasteiger partial charge on any atom is -0.799 e. The fourth-order valence-electron chi connectivity index (χ4n) is 3.79. The molecule has 0 aliphatic rings. The molecule has 0 rings (SSSR count). The maximum absolute atomic E-state index is 12.1. The molecule has 0 radical (unpaired) electrons. The first-order chi connectivity index (χ1) is 13.1. The Morgan fingerprint density at radius 3 is 0.929 bits per heavy atom. The van der Waals surface area contributed by atoms with Crippen LogP contribution in [0.3, 0.4) is 0 Å². The van der Waals surface area contributed by atoms with Crippen LogP contribution >= 0.6 is 7.37 Å². The molecule has 0 aromatic carbocycles. The third kappa shape index (κ3) is 25.2. The summed E-state index contributed by atoms with van der Waals surface area (Å²) in [6.07, 6.45) is 26.1. The van der Waals surface area contributed by atoms with Crippen LogP contribution in [0.4, 0.5) is 0 Å². The maximum Gasteiger partial charge on any atom is 1.00 e. The molecule has 0 heterocycles. The summed E-state index contributed by atoms with van der Waals surface area (Å²) in [6.45, 7) is 4.51. The molecule has 0 aromatic rings. The van der Waals surface area contributed by atoms with E-state index in [2.05, 4.69) is 13.8 Å². The summed E-state index contributed by atoms with van der Waals surface area (Å²) in [4.78, 5) is 12.1. The monoisotopic (exact) mass is 424 g/mol. The van der Waals surface area contributed by atoms with E-state index in [4.69, 9.17) is 0 Å². The van der Waals surface area contributed by atoms with E-state index in [1.54, 1.807) is 0 Å². The van der Waals surface area contributed by atoms with Crippen molar-refractivity contribution < 1.29 is 39.0 Å². The average molecular weight is 425 g/mol. The van der Waals surface area contributed by atoms with Crippen LogP contribution in [0.25, 0.3) is 0 Å². The van der Waals surface area contributed by atoms with E-state index in [-0.39, 0.29) is 29.6 Å². The average Bonchev–Trinajstić information content (AvgIpc) is 2.64. The van der Waals surface area contributed by atoms with E-state index in [1.807, 2.05) is 0 Å². The van der Waals surface area contributed by atoms with Crippen LogP contribution in [-0.2, 0) is 4.57 Å². The topological polar surface area (TPSA) is 40.1 Å². The van der Waals surface area contributed by atoms with Crippen LogP contribution in [0.5, 0.6) is 0 Å². The molecule has 0 aliphatic heterocycles. The molecule has 0 aliphatic carbocycles. The second-order valence-corrected chi connectivity index (χ2v) is 11.1. The standard InChI is InChI=1S/C24H51O2P.Na/c1-3-5-7-9-11-13-15-17-19-21-23-27(25,26)24-22-20-18-16-14-12-10-8-6-4-2;/h3-24H2,1-2H3,(H,25,26);/q;+1/p-1. The quantitative estimate of drug-likeness (QED) is 0.131. The molecule has 0 spiro atoms. The van der Waals surface area contributed by atoms with E-state index in [9.17, 15) is 9.46 Å². The Hall–Kier alpha value is 1.19. The van der Waals surface area contributed by atoms with Crippen molar-refractivity contribution in [3.05, 3.63) is 0 Å². The summed E-state index contributed by atoms with van der Waals surface area (Å²) in [5.74, 6) is 0. The normalized spacial score (nSPS) is 11.5. The molecule has 164 valence electrons. The Kier molecular flexibility index (Phi) is 27.4. The minimum atomic E-state index is -3.09. The first-order valence-electron chi connectivity index (χ1n) is 12.4. The van der Waals surface area contributed by atoms with Crippen molar-refractivity contribution in [3.63, 3.8) is 0 Å². The summed E-state index contributed by atoms with van der Waals surface area (Å²) >= 11 is 0. The summed E-state index contributed by atoms with van der Waals surface area (Å²) < 4.78 is 12.1. The van der Waals surface area contributed by atoms with E-state index >= 15 is 0 Å². The first kappa shape index (κ1) is 31.4. The van der Waals surface area contributed by atoms with E-state index in [1.165, 1.54) is 103 Å². The second-order valence-electron chi connectivity index (χ2n) is 8.63. The Balaban J connectivity index is 0.